The molecule has 4 aromatic rings. The van der Waals surface area contributed by atoms with Crippen molar-refractivity contribution >= 4 is 27.5 Å². The maximum Gasteiger partial charge on any atom is 0.319 e. The lowest BCUT2D eigenvalue weighted by Crippen LogP contribution is -2.53. The molecule has 1 N–H and O–H groups in total. The second kappa shape index (κ2) is 13.3. The molecule has 4 aliphatic rings. The van der Waals surface area contributed by atoms with Crippen molar-refractivity contribution in [1.82, 2.24) is 19.9 Å². The van der Waals surface area contributed by atoms with Gasteiger partial charge in [0.25, 0.3) is 0 Å². The molecule has 9 nitrogen and oxygen atoms in total. The zero-order valence-corrected chi connectivity index (χ0v) is 27.6. The van der Waals surface area contributed by atoms with E-state index in [1.807, 2.05) is 0 Å². The van der Waals surface area contributed by atoms with E-state index in [2.05, 4.69) is 25.7 Å². The number of terminal acetylenes is 1. The second-order valence-corrected chi connectivity index (χ2v) is 13.9. The zero-order chi connectivity index (χ0) is 33.5. The summed E-state index contributed by atoms with van der Waals surface area (Å²) in [5.41, 5.74) is 0.0430. The summed E-state index contributed by atoms with van der Waals surface area (Å²) in [5, 5.41) is 11.8. The molecule has 5 heterocycles. The van der Waals surface area contributed by atoms with E-state index < -0.39 is 11.6 Å². The van der Waals surface area contributed by atoms with Crippen molar-refractivity contribution < 1.29 is 28.1 Å². The van der Waals surface area contributed by atoms with Gasteiger partial charge in [0.2, 0.25) is 0 Å². The lowest BCUT2D eigenvalue weighted by molar-refractivity contribution is -0.0252. The van der Waals surface area contributed by atoms with Crippen molar-refractivity contribution in [3.63, 3.8) is 0 Å². The summed E-state index contributed by atoms with van der Waals surface area (Å²) < 4.78 is 50.1. The molecule has 4 fully saturated rings. The first-order valence-corrected chi connectivity index (χ1v) is 17.5. The second-order valence-electron chi connectivity index (χ2n) is 13.9. The Hall–Kier alpha value is -4.11. The Bertz CT molecular complexity index is 1920. The van der Waals surface area contributed by atoms with Gasteiger partial charge < -0.3 is 24.2 Å². The monoisotopic (exact) mass is 669 g/mol. The Labute approximate surface area is 284 Å². The van der Waals surface area contributed by atoms with Crippen molar-refractivity contribution in [2.24, 2.45) is 5.41 Å². The molecule has 3 aliphatic heterocycles. The van der Waals surface area contributed by atoms with Crippen LogP contribution in [0.4, 0.5) is 14.6 Å². The molecule has 0 amide bonds. The number of nitrogens with zero attached hydrogens (tertiary/aromatic N) is 5. The summed E-state index contributed by atoms with van der Waals surface area (Å²) in [4.78, 5) is 18.8. The molecular weight excluding hydrogens is 628 g/mol. The number of halogens is 2. The van der Waals surface area contributed by atoms with E-state index >= 15 is 4.39 Å². The van der Waals surface area contributed by atoms with Gasteiger partial charge in [0.05, 0.1) is 30.3 Å². The maximum absolute atomic E-state index is 16.9. The number of phenolic OH excluding ortho intramolecular Hbond substituents is 1. The topological polar surface area (TPSA) is 93.1 Å². The summed E-state index contributed by atoms with van der Waals surface area (Å²) >= 11 is 0. The highest BCUT2D eigenvalue weighted by molar-refractivity contribution is 6.03. The largest absolute Gasteiger partial charge is 0.508 e. The molecule has 49 heavy (non-hydrogen) atoms. The summed E-state index contributed by atoms with van der Waals surface area (Å²) in [5.74, 6) is 1.46. The number of fused-ring (bicyclic) bond motifs is 3. The fourth-order valence-electron chi connectivity index (χ4n) is 8.71. The molecule has 3 atom stereocenters. The fourth-order valence-corrected chi connectivity index (χ4v) is 8.71. The van der Waals surface area contributed by atoms with Crippen LogP contribution in [0, 0.1) is 29.4 Å². The van der Waals surface area contributed by atoms with E-state index in [1.165, 1.54) is 24.3 Å². The highest BCUT2D eigenvalue weighted by atomic mass is 19.1. The van der Waals surface area contributed by atoms with Crippen LogP contribution in [-0.4, -0.2) is 89.7 Å². The van der Waals surface area contributed by atoms with Crippen molar-refractivity contribution in [2.75, 3.05) is 57.5 Å². The van der Waals surface area contributed by atoms with Gasteiger partial charge in [0.15, 0.2) is 5.82 Å². The first-order valence-electron chi connectivity index (χ1n) is 17.5. The van der Waals surface area contributed by atoms with Gasteiger partial charge in [-0.1, -0.05) is 18.4 Å². The van der Waals surface area contributed by atoms with Gasteiger partial charge in [-0.2, -0.15) is 9.97 Å². The van der Waals surface area contributed by atoms with Gasteiger partial charge in [-0.3, -0.25) is 9.88 Å². The summed E-state index contributed by atoms with van der Waals surface area (Å²) in [6, 6.07) is 6.07. The lowest BCUT2D eigenvalue weighted by Gasteiger charge is -2.46. The Kier molecular flexibility index (Phi) is 8.72. The first kappa shape index (κ1) is 32.1. The molecule has 8 rings (SSSR count). The molecule has 3 unspecified atom stereocenters. The minimum atomic E-state index is -0.728. The standard InChI is InChI=1S/C38H41F2N5O4/c1-2-27-30(39)10-9-24-19-25(46)20-28(32(24)27)34-33(40)35-29(21-41-34)36(44-14-6-16-47-18-15-44)43-37(42-35)49-23-38-11-3-8-31(38)45(13-5-12-38)22-26-7-4-17-48-26/h1,9-10,19-21,26,31,46H,3-8,11-18,22-23H2. The fraction of sp³-hybridized carbons (Fsp3) is 0.500. The van der Waals surface area contributed by atoms with Crippen LogP contribution >= 0.6 is 0 Å². The van der Waals surface area contributed by atoms with E-state index in [-0.39, 0.29) is 44.9 Å². The van der Waals surface area contributed by atoms with Gasteiger partial charge in [-0.25, -0.2) is 8.78 Å². The Balaban J connectivity index is 1.20. The molecule has 2 aromatic heterocycles. The Morgan fingerprint density at radius 3 is 2.78 bits per heavy atom. The third kappa shape index (κ3) is 5.94. The number of benzene rings is 2. The minimum Gasteiger partial charge on any atom is -0.508 e. The van der Waals surface area contributed by atoms with Crippen LogP contribution < -0.4 is 9.64 Å². The Morgan fingerprint density at radius 1 is 1.02 bits per heavy atom. The normalized spacial score (nSPS) is 24.6. The average Bonchev–Trinajstić information content (AvgIpc) is 3.71. The summed E-state index contributed by atoms with van der Waals surface area (Å²) in [6.07, 6.45) is 16.0. The van der Waals surface area contributed by atoms with Crippen molar-refractivity contribution in [3.8, 4) is 35.4 Å². The quantitative estimate of drug-likeness (QED) is 0.230. The number of aromatic hydroxyl groups is 1. The van der Waals surface area contributed by atoms with Crippen LogP contribution in [0.15, 0.2) is 30.5 Å². The van der Waals surface area contributed by atoms with Crippen molar-refractivity contribution in [1.29, 1.82) is 0 Å². The van der Waals surface area contributed by atoms with E-state index in [9.17, 15) is 9.50 Å². The van der Waals surface area contributed by atoms with Gasteiger partial charge in [0.1, 0.15) is 28.6 Å². The van der Waals surface area contributed by atoms with Gasteiger partial charge in [-0.05, 0) is 75.1 Å². The van der Waals surface area contributed by atoms with Crippen LogP contribution in [0.3, 0.4) is 0 Å². The van der Waals surface area contributed by atoms with E-state index in [0.29, 0.717) is 61.6 Å². The van der Waals surface area contributed by atoms with Crippen LogP contribution in [0.1, 0.15) is 56.9 Å². The minimum absolute atomic E-state index is 0.0304. The molecule has 256 valence electrons. The third-order valence-corrected chi connectivity index (χ3v) is 11.0. The highest BCUT2D eigenvalue weighted by Gasteiger charge is 2.49. The molecular formula is C38H41F2N5O4. The van der Waals surface area contributed by atoms with Crippen molar-refractivity contribution in [2.45, 2.75) is 63.5 Å². The van der Waals surface area contributed by atoms with E-state index in [0.717, 1.165) is 71.1 Å². The number of anilines is 1. The Morgan fingerprint density at radius 2 is 1.92 bits per heavy atom. The van der Waals surface area contributed by atoms with Crippen LogP contribution in [0.25, 0.3) is 32.9 Å². The predicted octanol–water partition coefficient (Wildman–Crippen LogP) is 6.23. The number of rotatable bonds is 7. The molecule has 0 radical (unpaired) electrons. The van der Waals surface area contributed by atoms with Gasteiger partial charge in [-0.15, -0.1) is 6.42 Å². The number of hydrogen-bond acceptors (Lipinski definition) is 9. The number of pyridine rings is 1. The van der Waals surface area contributed by atoms with Gasteiger partial charge in [0, 0.05) is 61.5 Å². The molecule has 2 aromatic carbocycles. The zero-order valence-electron chi connectivity index (χ0n) is 27.6. The molecule has 1 saturated carbocycles. The molecule has 11 heteroatoms. The number of piperidine rings is 1. The molecule has 3 saturated heterocycles. The van der Waals surface area contributed by atoms with Gasteiger partial charge >= 0.3 is 6.01 Å². The van der Waals surface area contributed by atoms with E-state index in [1.54, 1.807) is 6.20 Å². The maximum atomic E-state index is 16.9. The predicted molar refractivity (Wildman–Crippen MR) is 183 cm³/mol. The first-order chi connectivity index (χ1) is 23.9. The average molecular weight is 670 g/mol. The van der Waals surface area contributed by atoms with Crippen LogP contribution in [-0.2, 0) is 9.47 Å². The highest BCUT2D eigenvalue weighted by Crippen LogP contribution is 2.48. The molecule has 1 aliphatic carbocycles. The number of aromatic nitrogens is 3. The third-order valence-electron chi connectivity index (χ3n) is 11.0. The number of hydrogen-bond donors (Lipinski definition) is 1. The smallest absolute Gasteiger partial charge is 0.319 e. The lowest BCUT2D eigenvalue weighted by atomic mass is 9.75. The van der Waals surface area contributed by atoms with Crippen LogP contribution in [0.2, 0.25) is 0 Å². The molecule has 0 bridgehead atoms. The number of likely N-dealkylation sites (tertiary alicyclic amines) is 1. The number of ether oxygens (including phenoxy) is 3. The number of phenols is 1. The van der Waals surface area contributed by atoms with Crippen LogP contribution in [0.5, 0.6) is 11.8 Å². The summed E-state index contributed by atoms with van der Waals surface area (Å²) in [7, 11) is 0. The van der Waals surface area contributed by atoms with E-state index in [4.69, 9.17) is 25.6 Å². The summed E-state index contributed by atoms with van der Waals surface area (Å²) in [6.45, 7) is 5.69. The SMILES string of the molecule is C#Cc1c(F)ccc2cc(O)cc(-c3ncc4c(N5CCCOCC5)nc(OCC56CCCC5N(CC5CCCO5)CCC6)nc4c3F)c12. The molecule has 0 spiro atoms. The van der Waals surface area contributed by atoms with Crippen molar-refractivity contribution in [3.05, 3.63) is 47.7 Å².